The van der Waals surface area contributed by atoms with Gasteiger partial charge in [0, 0.05) is 13.0 Å². The van der Waals surface area contributed by atoms with Gasteiger partial charge in [-0.1, -0.05) is 0 Å². The van der Waals surface area contributed by atoms with E-state index in [1.165, 1.54) is 6.92 Å². The average Bonchev–Trinajstić information content (AvgIpc) is 2.46. The third kappa shape index (κ3) is 3.05. The van der Waals surface area contributed by atoms with Gasteiger partial charge in [-0.3, -0.25) is 4.18 Å². The maximum atomic E-state index is 14.2. The number of alkyl halides is 1. The molecular weight excluding hydrogens is 241 g/mol. The van der Waals surface area contributed by atoms with Crippen molar-refractivity contribution < 1.29 is 26.9 Å². The molecule has 1 heterocycles. The monoisotopic (exact) mass is 255 g/mol. The summed E-state index contributed by atoms with van der Waals surface area (Å²) in [6.07, 6.45) is -1.63. The minimum absolute atomic E-state index is 0.0449. The van der Waals surface area contributed by atoms with Crippen LogP contribution in [-0.2, 0) is 14.3 Å². The van der Waals surface area contributed by atoms with Crippen molar-refractivity contribution in [2.24, 2.45) is 0 Å². The lowest BCUT2D eigenvalue weighted by molar-refractivity contribution is 0.0316. The van der Waals surface area contributed by atoms with Crippen molar-refractivity contribution in [2.45, 2.75) is 25.1 Å². The number of halogens is 1. The summed E-state index contributed by atoms with van der Waals surface area (Å²) in [5.74, 6) is 0. The Hall–Kier alpha value is -0.890. The molecule has 1 aliphatic rings. The van der Waals surface area contributed by atoms with Gasteiger partial charge in [-0.15, -0.1) is 0 Å². The van der Waals surface area contributed by atoms with E-state index in [4.69, 9.17) is 5.11 Å². The van der Waals surface area contributed by atoms with E-state index in [2.05, 4.69) is 4.18 Å². The number of carbonyl (C=O) groups is 1. The Kier molecular flexibility index (Phi) is 3.44. The normalized spacial score (nSPS) is 28.1. The summed E-state index contributed by atoms with van der Waals surface area (Å²) in [5, 5.41) is 8.66. The number of hydrogen-bond acceptors (Lipinski definition) is 4. The zero-order valence-electron chi connectivity index (χ0n) is 9.01. The molecule has 0 bridgehead atoms. The van der Waals surface area contributed by atoms with Crippen LogP contribution >= 0.6 is 0 Å². The summed E-state index contributed by atoms with van der Waals surface area (Å²) in [5.41, 5.74) is -1.94. The van der Waals surface area contributed by atoms with E-state index in [9.17, 15) is 17.6 Å². The Bertz CT molecular complexity index is 384. The van der Waals surface area contributed by atoms with Gasteiger partial charge in [-0.05, 0) is 6.92 Å². The molecule has 1 saturated heterocycles. The number of rotatable bonds is 3. The van der Waals surface area contributed by atoms with Crippen molar-refractivity contribution >= 4 is 16.2 Å². The van der Waals surface area contributed by atoms with Crippen molar-refractivity contribution in [3.05, 3.63) is 0 Å². The molecule has 16 heavy (non-hydrogen) atoms. The van der Waals surface area contributed by atoms with Gasteiger partial charge in [0.15, 0.2) is 5.67 Å². The fourth-order valence-corrected chi connectivity index (χ4v) is 2.34. The lowest BCUT2D eigenvalue weighted by Gasteiger charge is -2.25. The van der Waals surface area contributed by atoms with E-state index in [1.807, 2.05) is 0 Å². The van der Waals surface area contributed by atoms with Gasteiger partial charge in [0.2, 0.25) is 0 Å². The highest BCUT2D eigenvalue weighted by Crippen LogP contribution is 2.31. The summed E-state index contributed by atoms with van der Waals surface area (Å²) >= 11 is 0. The second-order valence-corrected chi connectivity index (χ2v) is 5.53. The van der Waals surface area contributed by atoms with Gasteiger partial charge >= 0.3 is 6.09 Å². The Balaban J connectivity index is 2.70. The molecule has 0 saturated carbocycles. The average molecular weight is 255 g/mol. The van der Waals surface area contributed by atoms with Crippen LogP contribution in [-0.4, -0.2) is 55.6 Å². The van der Waals surface area contributed by atoms with Gasteiger partial charge < -0.3 is 10.0 Å². The van der Waals surface area contributed by atoms with Crippen LogP contribution in [0.15, 0.2) is 0 Å². The van der Waals surface area contributed by atoms with Gasteiger partial charge in [0.1, 0.15) is 6.10 Å². The molecule has 0 aliphatic carbocycles. The first-order valence-electron chi connectivity index (χ1n) is 4.69. The maximum Gasteiger partial charge on any atom is 0.407 e. The Morgan fingerprint density at radius 3 is 2.56 bits per heavy atom. The molecule has 1 rings (SSSR count). The SMILES string of the molecule is CC(OS(C)(=O)=O)C1(F)CCN(C(=O)O)C1. The molecule has 1 aliphatic heterocycles. The largest absolute Gasteiger partial charge is 0.465 e. The fraction of sp³-hybridized carbons (Fsp3) is 0.875. The molecule has 0 aromatic rings. The Morgan fingerprint density at radius 2 is 2.19 bits per heavy atom. The first-order chi connectivity index (χ1) is 7.14. The van der Waals surface area contributed by atoms with Gasteiger partial charge in [0.05, 0.1) is 12.8 Å². The highest BCUT2D eigenvalue weighted by atomic mass is 32.2. The van der Waals surface area contributed by atoms with E-state index in [-0.39, 0.29) is 19.5 Å². The molecule has 1 fully saturated rings. The second-order valence-electron chi connectivity index (χ2n) is 3.93. The first kappa shape index (κ1) is 13.2. The molecule has 0 radical (unpaired) electrons. The van der Waals surface area contributed by atoms with Crippen LogP contribution in [0.3, 0.4) is 0 Å². The predicted molar refractivity (Wildman–Crippen MR) is 53.4 cm³/mol. The molecule has 6 nitrogen and oxygen atoms in total. The molecular formula is C8H14FNO5S. The van der Waals surface area contributed by atoms with E-state index in [0.29, 0.717) is 0 Å². The summed E-state index contributed by atoms with van der Waals surface area (Å²) in [6, 6.07) is 0. The summed E-state index contributed by atoms with van der Waals surface area (Å²) in [6.45, 7) is 0.967. The standard InChI is InChI=1S/C8H14FNO5S/c1-6(15-16(2,13)14)8(9)3-4-10(5-8)7(11)12/h6H,3-5H2,1-2H3,(H,11,12). The highest BCUT2D eigenvalue weighted by molar-refractivity contribution is 7.86. The summed E-state index contributed by atoms with van der Waals surface area (Å²) in [4.78, 5) is 11.5. The molecule has 0 aromatic heterocycles. The van der Waals surface area contributed by atoms with Crippen LogP contribution in [0.1, 0.15) is 13.3 Å². The number of likely N-dealkylation sites (tertiary alicyclic amines) is 1. The number of amides is 1. The summed E-state index contributed by atoms with van der Waals surface area (Å²) < 4.78 is 40.4. The van der Waals surface area contributed by atoms with Crippen molar-refractivity contribution in [1.82, 2.24) is 4.90 Å². The van der Waals surface area contributed by atoms with Crippen molar-refractivity contribution in [3.63, 3.8) is 0 Å². The van der Waals surface area contributed by atoms with Crippen LogP contribution in [0, 0.1) is 0 Å². The molecule has 0 spiro atoms. The van der Waals surface area contributed by atoms with Crippen molar-refractivity contribution in [1.29, 1.82) is 0 Å². The molecule has 2 unspecified atom stereocenters. The van der Waals surface area contributed by atoms with Crippen molar-refractivity contribution in [3.8, 4) is 0 Å². The first-order valence-corrected chi connectivity index (χ1v) is 6.51. The zero-order valence-corrected chi connectivity index (χ0v) is 9.83. The van der Waals surface area contributed by atoms with Gasteiger partial charge in [0.25, 0.3) is 10.1 Å². The minimum atomic E-state index is -3.74. The molecule has 94 valence electrons. The smallest absolute Gasteiger partial charge is 0.407 e. The lowest BCUT2D eigenvalue weighted by Crippen LogP contribution is -2.42. The van der Waals surface area contributed by atoms with Crippen LogP contribution in [0.4, 0.5) is 9.18 Å². The van der Waals surface area contributed by atoms with Crippen LogP contribution < -0.4 is 0 Å². The molecule has 1 amide bonds. The molecule has 2 atom stereocenters. The summed E-state index contributed by atoms with van der Waals surface area (Å²) in [7, 11) is -3.74. The Labute approximate surface area is 93.1 Å². The lowest BCUT2D eigenvalue weighted by atomic mass is 10.00. The quantitative estimate of drug-likeness (QED) is 0.740. The topological polar surface area (TPSA) is 83.9 Å². The van der Waals surface area contributed by atoms with E-state index in [1.54, 1.807) is 0 Å². The molecule has 1 N–H and O–H groups in total. The van der Waals surface area contributed by atoms with E-state index < -0.39 is 28.0 Å². The van der Waals surface area contributed by atoms with Crippen LogP contribution in [0.5, 0.6) is 0 Å². The number of carboxylic acid groups (broad SMARTS) is 1. The predicted octanol–water partition coefficient (Wildman–Crippen LogP) is 0.443. The van der Waals surface area contributed by atoms with Crippen LogP contribution in [0.25, 0.3) is 0 Å². The number of hydrogen-bond donors (Lipinski definition) is 1. The maximum absolute atomic E-state index is 14.2. The minimum Gasteiger partial charge on any atom is -0.465 e. The van der Waals surface area contributed by atoms with Gasteiger partial charge in [-0.25, -0.2) is 9.18 Å². The van der Waals surface area contributed by atoms with Crippen molar-refractivity contribution in [2.75, 3.05) is 19.3 Å². The van der Waals surface area contributed by atoms with E-state index >= 15 is 0 Å². The fourth-order valence-electron chi connectivity index (χ4n) is 1.64. The number of nitrogens with zero attached hydrogens (tertiary/aromatic N) is 1. The third-order valence-corrected chi connectivity index (χ3v) is 3.21. The Morgan fingerprint density at radius 1 is 1.62 bits per heavy atom. The highest BCUT2D eigenvalue weighted by Gasteiger charge is 2.46. The van der Waals surface area contributed by atoms with Gasteiger partial charge in [-0.2, -0.15) is 8.42 Å². The van der Waals surface area contributed by atoms with E-state index in [0.717, 1.165) is 11.2 Å². The van der Waals surface area contributed by atoms with Crippen LogP contribution in [0.2, 0.25) is 0 Å². The molecule has 0 aromatic carbocycles. The second kappa shape index (κ2) is 4.17. The zero-order chi connectivity index (χ0) is 12.6. The third-order valence-electron chi connectivity index (χ3n) is 2.57. The molecule has 8 heteroatoms.